The molecule has 14 heavy (non-hydrogen) atoms. The Morgan fingerprint density at radius 2 is 2.14 bits per heavy atom. The number of rotatable bonds is 1. The van der Waals surface area contributed by atoms with Crippen molar-refractivity contribution in [3.8, 4) is 0 Å². The molecule has 0 aromatic heterocycles. The van der Waals surface area contributed by atoms with E-state index in [4.69, 9.17) is 0 Å². The summed E-state index contributed by atoms with van der Waals surface area (Å²) >= 11 is 0. The second kappa shape index (κ2) is 3.65. The molecule has 0 saturated heterocycles. The quantitative estimate of drug-likeness (QED) is 0.613. The molecule has 0 bridgehead atoms. The van der Waals surface area contributed by atoms with E-state index in [0.717, 1.165) is 0 Å². The summed E-state index contributed by atoms with van der Waals surface area (Å²) in [6, 6.07) is 0. The van der Waals surface area contributed by atoms with Crippen LogP contribution in [0.2, 0.25) is 0 Å². The van der Waals surface area contributed by atoms with Gasteiger partial charge in [-0.25, -0.2) is 9.79 Å². The molecule has 0 amide bonds. The fourth-order valence-corrected chi connectivity index (χ4v) is 2.10. The molecular formula is C9H13NO3S. The van der Waals surface area contributed by atoms with E-state index in [0.29, 0.717) is 5.70 Å². The van der Waals surface area contributed by atoms with Crippen LogP contribution in [0.3, 0.4) is 0 Å². The summed E-state index contributed by atoms with van der Waals surface area (Å²) in [7, 11) is 0.0627. The van der Waals surface area contributed by atoms with Gasteiger partial charge in [0.05, 0.1) is 22.7 Å². The lowest BCUT2D eigenvalue weighted by molar-refractivity contribution is -0.132. The van der Waals surface area contributed by atoms with Gasteiger partial charge in [0.1, 0.15) is 5.71 Å². The monoisotopic (exact) mass is 215 g/mol. The smallest absolute Gasteiger partial charge is 0.353 e. The summed E-state index contributed by atoms with van der Waals surface area (Å²) < 4.78 is 15.5. The van der Waals surface area contributed by atoms with Crippen molar-refractivity contribution in [2.75, 3.05) is 7.11 Å². The van der Waals surface area contributed by atoms with E-state index >= 15 is 0 Å². The highest BCUT2D eigenvalue weighted by molar-refractivity contribution is 7.90. The zero-order valence-corrected chi connectivity index (χ0v) is 9.47. The number of hydrogen-bond acceptors (Lipinski definition) is 4. The average Bonchev–Trinajstić information content (AvgIpc) is 2.10. The number of nitrogens with zero attached hydrogens (tertiary/aromatic N) is 1. The van der Waals surface area contributed by atoms with E-state index in [1.165, 1.54) is 7.11 Å². The molecule has 1 aliphatic rings. The number of ether oxygens (including phenoxy) is 1. The number of methoxy groups -OCH3 is 1. The second-order valence-corrected chi connectivity index (χ2v) is 5.37. The van der Waals surface area contributed by atoms with Gasteiger partial charge >= 0.3 is 5.97 Å². The molecule has 0 fully saturated rings. The molecule has 0 spiro atoms. The Bertz CT molecular complexity index is 355. The molecule has 0 saturated carbocycles. The van der Waals surface area contributed by atoms with Crippen molar-refractivity contribution >= 4 is 22.5 Å². The number of hydrogen-bond donors (Lipinski definition) is 0. The first-order chi connectivity index (χ1) is 6.39. The third-order valence-electron chi connectivity index (χ3n) is 2.02. The Morgan fingerprint density at radius 1 is 1.57 bits per heavy atom. The first-order valence-electron chi connectivity index (χ1n) is 4.16. The average molecular weight is 215 g/mol. The Hall–Kier alpha value is -0.970. The van der Waals surface area contributed by atoms with Crippen molar-refractivity contribution in [2.24, 2.45) is 4.99 Å². The van der Waals surface area contributed by atoms with Crippen molar-refractivity contribution in [1.82, 2.24) is 0 Å². The summed E-state index contributed by atoms with van der Waals surface area (Å²) in [5.41, 5.74) is 0.807. The van der Waals surface area contributed by atoms with Gasteiger partial charge in [-0.2, -0.15) is 0 Å². The number of aliphatic imine (C=N–C) groups is 1. The summed E-state index contributed by atoms with van der Waals surface area (Å²) in [6.45, 7) is 5.12. The van der Waals surface area contributed by atoms with E-state index < -0.39 is 21.5 Å². The van der Waals surface area contributed by atoms with Gasteiger partial charge in [0.2, 0.25) is 0 Å². The summed E-state index contributed by atoms with van der Waals surface area (Å²) in [4.78, 5) is 15.4. The van der Waals surface area contributed by atoms with Crippen molar-refractivity contribution in [2.45, 2.75) is 25.5 Å². The maximum absolute atomic E-state index is 11.7. The maximum atomic E-state index is 11.7. The van der Waals surface area contributed by atoms with E-state index in [-0.39, 0.29) is 5.71 Å². The summed E-state index contributed by atoms with van der Waals surface area (Å²) in [5, 5.41) is 1.55. The van der Waals surface area contributed by atoms with Gasteiger partial charge in [-0.15, -0.1) is 0 Å². The van der Waals surface area contributed by atoms with Gasteiger partial charge in [-0.1, -0.05) is 0 Å². The SMILES string of the molecule is COC(=O)C1=NC(C)=CS(=O)C1(C)C. The van der Waals surface area contributed by atoms with Crippen LogP contribution < -0.4 is 0 Å². The molecule has 5 heteroatoms. The van der Waals surface area contributed by atoms with Crippen LogP contribution in [0.15, 0.2) is 16.1 Å². The number of carbonyl (C=O) groups excluding carboxylic acids is 1. The fourth-order valence-electron chi connectivity index (χ4n) is 1.12. The fraction of sp³-hybridized carbons (Fsp3) is 0.556. The predicted octanol–water partition coefficient (Wildman–Crippen LogP) is 1.00. The summed E-state index contributed by atoms with van der Waals surface area (Å²) in [5.74, 6) is -0.518. The number of carbonyl (C=O) groups is 1. The van der Waals surface area contributed by atoms with Crippen molar-refractivity contribution in [1.29, 1.82) is 0 Å². The second-order valence-electron chi connectivity index (χ2n) is 3.52. The van der Waals surface area contributed by atoms with Crippen LogP contribution in [0, 0.1) is 0 Å². The molecule has 0 aromatic rings. The molecule has 0 aromatic carbocycles. The predicted molar refractivity (Wildman–Crippen MR) is 55.4 cm³/mol. The van der Waals surface area contributed by atoms with Gasteiger partial charge in [-0.3, -0.25) is 4.21 Å². The lowest BCUT2D eigenvalue weighted by atomic mass is 10.1. The number of allylic oxidation sites excluding steroid dienone is 1. The Kier molecular flexibility index (Phi) is 2.89. The van der Waals surface area contributed by atoms with Gasteiger partial charge < -0.3 is 4.74 Å². The van der Waals surface area contributed by atoms with Crippen LogP contribution in [0.25, 0.3) is 0 Å². The molecule has 1 atom stereocenters. The summed E-state index contributed by atoms with van der Waals surface area (Å²) in [6.07, 6.45) is 0. The molecule has 4 nitrogen and oxygen atoms in total. The minimum Gasteiger partial charge on any atom is -0.464 e. The number of esters is 1. The zero-order valence-electron chi connectivity index (χ0n) is 8.66. The first-order valence-corrected chi connectivity index (χ1v) is 5.37. The Balaban J connectivity index is 3.19. The van der Waals surface area contributed by atoms with Gasteiger partial charge in [0.15, 0.2) is 0 Å². The highest BCUT2D eigenvalue weighted by Crippen LogP contribution is 2.24. The normalized spacial score (nSPS) is 25.0. The minimum atomic E-state index is -1.23. The van der Waals surface area contributed by atoms with Crippen molar-refractivity contribution in [3.05, 3.63) is 11.1 Å². The van der Waals surface area contributed by atoms with Crippen LogP contribution in [-0.4, -0.2) is 27.7 Å². The Morgan fingerprint density at radius 3 is 2.64 bits per heavy atom. The van der Waals surface area contributed by atoms with Crippen LogP contribution in [0.5, 0.6) is 0 Å². The molecule has 1 unspecified atom stereocenters. The first kappa shape index (κ1) is 11.1. The molecule has 0 radical (unpaired) electrons. The van der Waals surface area contributed by atoms with E-state index in [2.05, 4.69) is 9.73 Å². The lowest BCUT2D eigenvalue weighted by Crippen LogP contribution is -2.43. The van der Waals surface area contributed by atoms with Crippen LogP contribution in [0.1, 0.15) is 20.8 Å². The van der Waals surface area contributed by atoms with Crippen molar-refractivity contribution < 1.29 is 13.7 Å². The molecule has 0 N–H and O–H groups in total. The highest BCUT2D eigenvalue weighted by atomic mass is 32.2. The van der Waals surface area contributed by atoms with Gasteiger partial charge in [-0.05, 0) is 20.8 Å². The maximum Gasteiger partial charge on any atom is 0.353 e. The van der Waals surface area contributed by atoms with E-state index in [1.54, 1.807) is 26.2 Å². The molecule has 0 aliphatic carbocycles. The zero-order chi connectivity index (χ0) is 10.9. The highest BCUT2D eigenvalue weighted by Gasteiger charge is 2.38. The van der Waals surface area contributed by atoms with Crippen LogP contribution >= 0.6 is 0 Å². The van der Waals surface area contributed by atoms with Crippen LogP contribution in [-0.2, 0) is 20.3 Å². The molecule has 1 heterocycles. The van der Waals surface area contributed by atoms with Gasteiger partial charge in [0.25, 0.3) is 0 Å². The molecular weight excluding hydrogens is 202 g/mol. The topological polar surface area (TPSA) is 55.7 Å². The lowest BCUT2D eigenvalue weighted by Gasteiger charge is -2.25. The van der Waals surface area contributed by atoms with E-state index in [9.17, 15) is 9.00 Å². The molecule has 78 valence electrons. The van der Waals surface area contributed by atoms with Crippen LogP contribution in [0.4, 0.5) is 0 Å². The van der Waals surface area contributed by atoms with Gasteiger partial charge in [0, 0.05) is 11.1 Å². The Labute approximate surface area is 85.5 Å². The third-order valence-corrected chi connectivity index (χ3v) is 3.77. The van der Waals surface area contributed by atoms with Crippen molar-refractivity contribution in [3.63, 3.8) is 0 Å². The molecule has 1 aliphatic heterocycles. The standard InChI is InChI=1S/C9H13NO3S/c1-6-5-14(12)9(2,3)7(10-6)8(11)13-4/h5H,1-4H3. The minimum absolute atomic E-state index is 0.221. The third kappa shape index (κ3) is 1.77. The van der Waals surface area contributed by atoms with E-state index in [1.807, 2.05) is 0 Å². The molecule has 1 rings (SSSR count). The largest absolute Gasteiger partial charge is 0.464 e.